The Labute approximate surface area is 151 Å². The van der Waals surface area contributed by atoms with E-state index in [-0.39, 0.29) is 18.3 Å². The highest BCUT2D eigenvalue weighted by atomic mass is 35.5. The van der Waals surface area contributed by atoms with Crippen LogP contribution in [0.5, 0.6) is 5.75 Å². The van der Waals surface area contributed by atoms with Crippen molar-refractivity contribution >= 4 is 24.0 Å². The Kier molecular flexibility index (Phi) is 7.86. The number of hydrogen-bond acceptors (Lipinski definition) is 3. The van der Waals surface area contributed by atoms with Gasteiger partial charge in [0.1, 0.15) is 5.75 Å². The molecule has 0 unspecified atom stereocenters. The third-order valence-corrected chi connectivity index (χ3v) is 4.98. The average molecular weight is 353 g/mol. The molecule has 1 aromatic carbocycles. The second-order valence-electron chi connectivity index (χ2n) is 6.83. The van der Waals surface area contributed by atoms with E-state index in [1.54, 1.807) is 0 Å². The van der Waals surface area contributed by atoms with E-state index in [4.69, 9.17) is 4.74 Å². The van der Waals surface area contributed by atoms with Crippen LogP contribution in [-0.2, 0) is 4.79 Å². The summed E-state index contributed by atoms with van der Waals surface area (Å²) >= 11 is 0. The van der Waals surface area contributed by atoms with Gasteiger partial charge in [-0.2, -0.15) is 0 Å². The monoisotopic (exact) mass is 352 g/mol. The fourth-order valence-electron chi connectivity index (χ4n) is 3.54. The molecule has 2 aliphatic rings. The Morgan fingerprint density at radius 3 is 2.42 bits per heavy atom. The molecular weight excluding hydrogens is 324 g/mol. The summed E-state index contributed by atoms with van der Waals surface area (Å²) < 4.78 is 5.94. The average Bonchev–Trinajstić information content (AvgIpc) is 3.09. The third-order valence-electron chi connectivity index (χ3n) is 4.98. The van der Waals surface area contributed by atoms with Crippen molar-refractivity contribution in [2.75, 3.05) is 18.4 Å². The van der Waals surface area contributed by atoms with Gasteiger partial charge in [-0.1, -0.05) is 0 Å². The van der Waals surface area contributed by atoms with Gasteiger partial charge in [0.25, 0.3) is 0 Å². The molecular formula is C19H29ClN2O2. The molecule has 5 heteroatoms. The minimum Gasteiger partial charge on any atom is -0.490 e. The summed E-state index contributed by atoms with van der Waals surface area (Å²) in [5, 5.41) is 6.35. The molecule has 24 heavy (non-hydrogen) atoms. The van der Waals surface area contributed by atoms with Gasteiger partial charge in [-0.05, 0) is 88.2 Å². The van der Waals surface area contributed by atoms with Crippen LogP contribution < -0.4 is 15.4 Å². The molecule has 1 aliphatic heterocycles. The molecule has 0 aromatic heterocycles. The molecule has 1 saturated carbocycles. The van der Waals surface area contributed by atoms with Crippen LogP contribution in [-0.4, -0.2) is 25.1 Å². The van der Waals surface area contributed by atoms with Crippen molar-refractivity contribution in [3.8, 4) is 5.75 Å². The summed E-state index contributed by atoms with van der Waals surface area (Å²) in [5.41, 5.74) is 0.860. The molecule has 2 fully saturated rings. The minimum atomic E-state index is 0. The Morgan fingerprint density at radius 2 is 1.75 bits per heavy atom. The highest BCUT2D eigenvalue weighted by Gasteiger charge is 2.17. The molecule has 1 aliphatic carbocycles. The number of hydrogen-bond donors (Lipinski definition) is 2. The standard InChI is InChI=1S/C19H28N2O2.ClH/c22-19(10-5-15-11-13-20-14-12-15)21-16-6-8-18(9-7-16)23-17-3-1-2-4-17;/h6-9,15,17,20H,1-5,10-14H2,(H,21,22);1H. The zero-order valence-corrected chi connectivity index (χ0v) is 15.1. The van der Waals surface area contributed by atoms with Gasteiger partial charge < -0.3 is 15.4 Å². The van der Waals surface area contributed by atoms with E-state index >= 15 is 0 Å². The van der Waals surface area contributed by atoms with Crippen LogP contribution in [0.2, 0.25) is 0 Å². The van der Waals surface area contributed by atoms with Gasteiger partial charge in [0.15, 0.2) is 0 Å². The van der Waals surface area contributed by atoms with E-state index < -0.39 is 0 Å². The molecule has 1 heterocycles. The van der Waals surface area contributed by atoms with E-state index in [0.29, 0.717) is 18.4 Å². The number of carbonyl (C=O) groups excluding carboxylic acids is 1. The number of carbonyl (C=O) groups is 1. The summed E-state index contributed by atoms with van der Waals surface area (Å²) in [6.07, 6.45) is 9.25. The molecule has 0 atom stereocenters. The number of nitrogens with one attached hydrogen (secondary N) is 2. The van der Waals surface area contributed by atoms with E-state index in [0.717, 1.165) is 43.8 Å². The van der Waals surface area contributed by atoms with Crippen molar-refractivity contribution in [3.63, 3.8) is 0 Å². The van der Waals surface area contributed by atoms with Gasteiger partial charge >= 0.3 is 0 Å². The van der Waals surface area contributed by atoms with Crippen molar-refractivity contribution in [2.24, 2.45) is 5.92 Å². The normalized spacial score (nSPS) is 18.8. The number of amides is 1. The van der Waals surface area contributed by atoms with Crippen molar-refractivity contribution < 1.29 is 9.53 Å². The lowest BCUT2D eigenvalue weighted by Crippen LogP contribution is -2.28. The fraction of sp³-hybridized carbons (Fsp3) is 0.632. The van der Waals surface area contributed by atoms with E-state index in [2.05, 4.69) is 10.6 Å². The van der Waals surface area contributed by atoms with Crippen LogP contribution in [0.15, 0.2) is 24.3 Å². The van der Waals surface area contributed by atoms with Crippen molar-refractivity contribution in [1.29, 1.82) is 0 Å². The number of ether oxygens (including phenoxy) is 1. The molecule has 1 amide bonds. The maximum absolute atomic E-state index is 12.1. The molecule has 2 N–H and O–H groups in total. The first-order valence-electron chi connectivity index (χ1n) is 9.07. The molecule has 1 saturated heterocycles. The summed E-state index contributed by atoms with van der Waals surface area (Å²) in [7, 11) is 0. The predicted molar refractivity (Wildman–Crippen MR) is 100 cm³/mol. The summed E-state index contributed by atoms with van der Waals surface area (Å²) in [5.74, 6) is 1.72. The quantitative estimate of drug-likeness (QED) is 0.808. The number of anilines is 1. The van der Waals surface area contributed by atoms with Gasteiger partial charge in [-0.15, -0.1) is 12.4 Å². The van der Waals surface area contributed by atoms with Crippen LogP contribution in [0.25, 0.3) is 0 Å². The highest BCUT2D eigenvalue weighted by Crippen LogP contribution is 2.25. The molecule has 3 rings (SSSR count). The Morgan fingerprint density at radius 1 is 1.08 bits per heavy atom. The van der Waals surface area contributed by atoms with Gasteiger partial charge in [0, 0.05) is 12.1 Å². The summed E-state index contributed by atoms with van der Waals surface area (Å²) in [6.45, 7) is 2.18. The minimum absolute atomic E-state index is 0. The van der Waals surface area contributed by atoms with Gasteiger partial charge in [-0.25, -0.2) is 0 Å². The first-order valence-corrected chi connectivity index (χ1v) is 9.07. The zero-order valence-electron chi connectivity index (χ0n) is 14.3. The smallest absolute Gasteiger partial charge is 0.224 e. The highest BCUT2D eigenvalue weighted by molar-refractivity contribution is 5.90. The van der Waals surface area contributed by atoms with Crippen LogP contribution >= 0.6 is 12.4 Å². The second kappa shape index (κ2) is 9.90. The molecule has 1 aromatic rings. The number of rotatable bonds is 6. The van der Waals surface area contributed by atoms with Crippen LogP contribution in [0.4, 0.5) is 5.69 Å². The molecule has 0 spiro atoms. The fourth-order valence-corrected chi connectivity index (χ4v) is 3.54. The molecule has 0 radical (unpaired) electrons. The van der Waals surface area contributed by atoms with E-state index in [1.165, 1.54) is 25.7 Å². The Hall–Kier alpha value is -1.26. The number of benzene rings is 1. The van der Waals surface area contributed by atoms with Gasteiger partial charge in [0.05, 0.1) is 6.10 Å². The van der Waals surface area contributed by atoms with Crippen molar-refractivity contribution in [1.82, 2.24) is 5.32 Å². The van der Waals surface area contributed by atoms with E-state index in [9.17, 15) is 4.79 Å². The predicted octanol–water partition coefficient (Wildman–Crippen LogP) is 4.15. The van der Waals surface area contributed by atoms with Crippen LogP contribution in [0.1, 0.15) is 51.4 Å². The largest absolute Gasteiger partial charge is 0.490 e. The van der Waals surface area contributed by atoms with Gasteiger partial charge in [0.2, 0.25) is 5.91 Å². The zero-order chi connectivity index (χ0) is 15.9. The topological polar surface area (TPSA) is 50.4 Å². The number of halogens is 1. The molecule has 4 nitrogen and oxygen atoms in total. The maximum Gasteiger partial charge on any atom is 0.224 e. The van der Waals surface area contributed by atoms with Crippen molar-refractivity contribution in [2.45, 2.75) is 57.5 Å². The lowest BCUT2D eigenvalue weighted by atomic mass is 9.93. The Bertz CT molecular complexity index is 495. The Balaban J connectivity index is 0.00000208. The third kappa shape index (κ3) is 5.99. The maximum atomic E-state index is 12.1. The number of piperidine rings is 1. The van der Waals surface area contributed by atoms with Crippen molar-refractivity contribution in [3.05, 3.63) is 24.3 Å². The first kappa shape index (κ1) is 19.1. The summed E-state index contributed by atoms with van der Waals surface area (Å²) in [4.78, 5) is 12.1. The van der Waals surface area contributed by atoms with Gasteiger partial charge in [-0.3, -0.25) is 4.79 Å². The first-order chi connectivity index (χ1) is 11.3. The molecule has 0 bridgehead atoms. The van der Waals surface area contributed by atoms with Crippen LogP contribution in [0, 0.1) is 5.92 Å². The van der Waals surface area contributed by atoms with Crippen LogP contribution in [0.3, 0.4) is 0 Å². The SMILES string of the molecule is Cl.O=C(CCC1CCNCC1)Nc1ccc(OC2CCCC2)cc1. The lowest BCUT2D eigenvalue weighted by molar-refractivity contribution is -0.116. The molecule has 134 valence electrons. The summed E-state index contributed by atoms with van der Waals surface area (Å²) in [6, 6.07) is 7.79. The lowest BCUT2D eigenvalue weighted by Gasteiger charge is -2.22. The second-order valence-corrected chi connectivity index (χ2v) is 6.83. The van der Waals surface area contributed by atoms with E-state index in [1.807, 2.05) is 24.3 Å².